The lowest BCUT2D eigenvalue weighted by molar-refractivity contribution is 0.0998. The van der Waals surface area contributed by atoms with Gasteiger partial charge in [-0.25, -0.2) is 4.98 Å². The van der Waals surface area contributed by atoms with E-state index in [9.17, 15) is 5.11 Å². The first-order chi connectivity index (χ1) is 11.7. The molecule has 0 bridgehead atoms. The van der Waals surface area contributed by atoms with Crippen LogP contribution in [0.2, 0.25) is 0 Å². The van der Waals surface area contributed by atoms with Crippen molar-refractivity contribution in [2.45, 2.75) is 32.4 Å². The molecule has 3 rings (SSSR count). The van der Waals surface area contributed by atoms with Gasteiger partial charge in [0.15, 0.2) is 0 Å². The maximum atomic E-state index is 9.46. The summed E-state index contributed by atoms with van der Waals surface area (Å²) in [5.41, 5.74) is 1.19. The monoisotopic (exact) mass is 345 g/mol. The minimum absolute atomic E-state index is 0.218. The highest BCUT2D eigenvalue weighted by atomic mass is 32.1. The number of aliphatic hydroxyl groups excluding tert-OH is 1. The number of β-amino-alcohol motifs (C(OH)–C–C–N with tert-alkyl or cyclic N) is 1. The van der Waals surface area contributed by atoms with Crippen LogP contribution in [0.1, 0.15) is 24.6 Å². The summed E-state index contributed by atoms with van der Waals surface area (Å²) < 4.78 is 0. The molecule has 1 aliphatic heterocycles. The van der Waals surface area contributed by atoms with Crippen molar-refractivity contribution >= 4 is 11.3 Å². The Hall–Kier alpha value is -1.27. The highest BCUT2D eigenvalue weighted by Crippen LogP contribution is 2.24. The van der Waals surface area contributed by atoms with Crippen LogP contribution in [-0.4, -0.2) is 47.3 Å². The molecule has 1 atom stereocenters. The standard InChI is InChI=1S/C19H27N3OS/c1-15(23)14-22-9-7-16(8-10-22)11-20-12-18-13-21-19(24-18)17-5-3-2-4-6-17/h2-6,13,15-16,20,23H,7-12,14H2,1H3. The lowest BCUT2D eigenvalue weighted by Crippen LogP contribution is -2.40. The molecule has 2 aromatic rings. The molecule has 1 aromatic carbocycles. The van der Waals surface area contributed by atoms with Gasteiger partial charge in [0.2, 0.25) is 0 Å². The third-order valence-electron chi connectivity index (χ3n) is 4.54. The maximum Gasteiger partial charge on any atom is 0.123 e. The van der Waals surface area contributed by atoms with Crippen molar-refractivity contribution in [3.05, 3.63) is 41.4 Å². The molecule has 1 unspecified atom stereocenters. The van der Waals surface area contributed by atoms with E-state index in [0.717, 1.165) is 43.6 Å². The van der Waals surface area contributed by atoms with Crippen LogP contribution in [0.5, 0.6) is 0 Å². The van der Waals surface area contributed by atoms with E-state index in [1.165, 1.54) is 23.3 Å². The number of rotatable bonds is 7. The zero-order valence-electron chi connectivity index (χ0n) is 14.3. The predicted octanol–water partition coefficient (Wildman–Crippen LogP) is 2.99. The molecular formula is C19H27N3OS. The summed E-state index contributed by atoms with van der Waals surface area (Å²) in [5.74, 6) is 0.747. The molecular weight excluding hydrogens is 318 g/mol. The zero-order chi connectivity index (χ0) is 16.8. The van der Waals surface area contributed by atoms with Gasteiger partial charge in [-0.15, -0.1) is 11.3 Å². The molecule has 24 heavy (non-hydrogen) atoms. The maximum absolute atomic E-state index is 9.46. The molecule has 2 N–H and O–H groups in total. The molecule has 130 valence electrons. The summed E-state index contributed by atoms with van der Waals surface area (Å²) in [6.07, 6.45) is 4.21. The first-order valence-corrected chi connectivity index (χ1v) is 9.63. The number of hydrogen-bond acceptors (Lipinski definition) is 5. The van der Waals surface area contributed by atoms with E-state index in [1.807, 2.05) is 19.2 Å². The van der Waals surface area contributed by atoms with E-state index in [2.05, 4.69) is 39.5 Å². The normalized spacial score (nSPS) is 17.9. The minimum atomic E-state index is -0.218. The third kappa shape index (κ3) is 5.11. The summed E-state index contributed by atoms with van der Waals surface area (Å²) in [7, 11) is 0. The van der Waals surface area contributed by atoms with E-state index in [0.29, 0.717) is 0 Å². The Labute approximate surface area is 148 Å². The second-order valence-electron chi connectivity index (χ2n) is 6.72. The lowest BCUT2D eigenvalue weighted by Gasteiger charge is -2.32. The number of hydrogen-bond donors (Lipinski definition) is 2. The Morgan fingerprint density at radius 1 is 1.29 bits per heavy atom. The molecule has 0 radical (unpaired) electrons. The topological polar surface area (TPSA) is 48.4 Å². The van der Waals surface area contributed by atoms with E-state index >= 15 is 0 Å². The SMILES string of the molecule is CC(O)CN1CCC(CNCc2cnc(-c3ccccc3)s2)CC1. The molecule has 0 amide bonds. The van der Waals surface area contributed by atoms with Crippen LogP contribution in [-0.2, 0) is 6.54 Å². The summed E-state index contributed by atoms with van der Waals surface area (Å²) in [4.78, 5) is 8.20. The van der Waals surface area contributed by atoms with Gasteiger partial charge >= 0.3 is 0 Å². The van der Waals surface area contributed by atoms with Crippen LogP contribution in [0, 0.1) is 5.92 Å². The minimum Gasteiger partial charge on any atom is -0.392 e. The van der Waals surface area contributed by atoms with E-state index in [1.54, 1.807) is 11.3 Å². The molecule has 2 heterocycles. The third-order valence-corrected chi connectivity index (χ3v) is 5.58. The van der Waals surface area contributed by atoms with Gasteiger partial charge in [-0.2, -0.15) is 0 Å². The summed E-state index contributed by atoms with van der Waals surface area (Å²) in [5, 5.41) is 14.2. The Kier molecular flexibility index (Phi) is 6.37. The van der Waals surface area contributed by atoms with Crippen LogP contribution in [0.15, 0.2) is 36.5 Å². The first kappa shape index (κ1) is 17.5. The van der Waals surface area contributed by atoms with Crippen LogP contribution in [0.25, 0.3) is 10.6 Å². The van der Waals surface area contributed by atoms with Gasteiger partial charge in [0.1, 0.15) is 5.01 Å². The van der Waals surface area contributed by atoms with Crippen molar-refractivity contribution < 1.29 is 5.11 Å². The van der Waals surface area contributed by atoms with E-state index < -0.39 is 0 Å². The highest BCUT2D eigenvalue weighted by Gasteiger charge is 2.19. The Morgan fingerprint density at radius 3 is 2.75 bits per heavy atom. The molecule has 4 nitrogen and oxygen atoms in total. The summed E-state index contributed by atoms with van der Waals surface area (Å²) >= 11 is 1.77. The van der Waals surface area contributed by atoms with Crippen molar-refractivity contribution in [1.82, 2.24) is 15.2 Å². The van der Waals surface area contributed by atoms with Gasteiger partial charge < -0.3 is 15.3 Å². The number of aliphatic hydroxyl groups is 1. The quantitative estimate of drug-likeness (QED) is 0.810. The molecule has 0 aliphatic carbocycles. The van der Waals surface area contributed by atoms with Crippen LogP contribution in [0.3, 0.4) is 0 Å². The fourth-order valence-corrected chi connectivity index (χ4v) is 4.14. The average molecular weight is 346 g/mol. The van der Waals surface area contributed by atoms with Crippen molar-refractivity contribution in [2.75, 3.05) is 26.2 Å². The summed E-state index contributed by atoms with van der Waals surface area (Å²) in [6, 6.07) is 10.4. The molecule has 1 fully saturated rings. The Bertz CT molecular complexity index is 606. The predicted molar refractivity (Wildman–Crippen MR) is 100 cm³/mol. The molecule has 1 saturated heterocycles. The molecule has 1 aromatic heterocycles. The van der Waals surface area contributed by atoms with Crippen LogP contribution in [0.4, 0.5) is 0 Å². The fraction of sp³-hybridized carbons (Fsp3) is 0.526. The Balaban J connectivity index is 1.39. The van der Waals surface area contributed by atoms with Crippen LogP contribution < -0.4 is 5.32 Å². The average Bonchev–Trinajstić information content (AvgIpc) is 3.06. The molecule has 0 spiro atoms. The largest absolute Gasteiger partial charge is 0.392 e. The van der Waals surface area contributed by atoms with Crippen molar-refractivity contribution in [3.8, 4) is 10.6 Å². The van der Waals surface area contributed by atoms with Crippen molar-refractivity contribution in [3.63, 3.8) is 0 Å². The number of nitrogens with zero attached hydrogens (tertiary/aromatic N) is 2. The number of piperidine rings is 1. The van der Waals surface area contributed by atoms with Gasteiger partial charge in [0, 0.05) is 29.7 Å². The van der Waals surface area contributed by atoms with E-state index in [-0.39, 0.29) is 6.10 Å². The smallest absolute Gasteiger partial charge is 0.123 e. The lowest BCUT2D eigenvalue weighted by atomic mass is 9.96. The van der Waals surface area contributed by atoms with E-state index in [4.69, 9.17) is 0 Å². The second kappa shape index (κ2) is 8.72. The van der Waals surface area contributed by atoms with Gasteiger partial charge in [-0.1, -0.05) is 30.3 Å². The fourth-order valence-electron chi connectivity index (χ4n) is 3.25. The second-order valence-corrected chi connectivity index (χ2v) is 7.84. The number of nitrogens with one attached hydrogen (secondary N) is 1. The van der Waals surface area contributed by atoms with Crippen molar-refractivity contribution in [1.29, 1.82) is 0 Å². The van der Waals surface area contributed by atoms with Crippen LogP contribution >= 0.6 is 11.3 Å². The van der Waals surface area contributed by atoms with Gasteiger partial charge in [0.25, 0.3) is 0 Å². The number of aromatic nitrogens is 1. The zero-order valence-corrected chi connectivity index (χ0v) is 15.1. The molecule has 5 heteroatoms. The van der Waals surface area contributed by atoms with Gasteiger partial charge in [-0.3, -0.25) is 0 Å². The molecule has 1 aliphatic rings. The van der Waals surface area contributed by atoms with Crippen molar-refractivity contribution in [2.24, 2.45) is 5.92 Å². The summed E-state index contributed by atoms with van der Waals surface area (Å²) in [6.45, 7) is 6.86. The molecule has 0 saturated carbocycles. The number of likely N-dealkylation sites (tertiary alicyclic amines) is 1. The Morgan fingerprint density at radius 2 is 2.04 bits per heavy atom. The van der Waals surface area contributed by atoms with Gasteiger partial charge in [0.05, 0.1) is 6.10 Å². The van der Waals surface area contributed by atoms with Gasteiger partial charge in [-0.05, 0) is 45.3 Å². The highest BCUT2D eigenvalue weighted by molar-refractivity contribution is 7.15. The number of benzene rings is 1. The number of thiazole rings is 1. The first-order valence-electron chi connectivity index (χ1n) is 8.82.